The van der Waals surface area contributed by atoms with Crippen LogP contribution < -0.4 is 5.32 Å². The molecule has 1 aromatic rings. The summed E-state index contributed by atoms with van der Waals surface area (Å²) < 4.78 is 1.72. The van der Waals surface area contributed by atoms with Crippen LogP contribution >= 0.6 is 0 Å². The molecule has 7 nitrogen and oxygen atoms in total. The standard InChI is InChI=1S/C11H17N5O2/c1-14-7-9(13-8-14)10(17)12-3-4-16-6-5-15(2)11(16)18/h7-8H,3-6H2,1-2H3,(H,12,17). The number of rotatable bonds is 4. The van der Waals surface area contributed by atoms with Crippen LogP contribution in [-0.2, 0) is 7.05 Å². The van der Waals surface area contributed by atoms with Crippen LogP contribution in [0, 0.1) is 0 Å². The van der Waals surface area contributed by atoms with Crippen molar-refractivity contribution in [1.82, 2.24) is 24.7 Å². The fraction of sp³-hybridized carbons (Fsp3) is 0.545. The van der Waals surface area contributed by atoms with Gasteiger partial charge >= 0.3 is 6.03 Å². The van der Waals surface area contributed by atoms with Crippen molar-refractivity contribution in [2.45, 2.75) is 0 Å². The number of carbonyl (C=O) groups excluding carboxylic acids is 2. The SMILES string of the molecule is CN1CCN(CCNC(=O)c2cn(C)cn2)C1=O. The highest BCUT2D eigenvalue weighted by atomic mass is 16.2. The molecule has 0 aliphatic carbocycles. The summed E-state index contributed by atoms with van der Waals surface area (Å²) in [7, 11) is 3.58. The maximum Gasteiger partial charge on any atom is 0.319 e. The van der Waals surface area contributed by atoms with Crippen molar-refractivity contribution in [3.8, 4) is 0 Å². The van der Waals surface area contributed by atoms with Gasteiger partial charge in [0.1, 0.15) is 5.69 Å². The van der Waals surface area contributed by atoms with Crippen molar-refractivity contribution in [2.24, 2.45) is 7.05 Å². The number of amides is 3. The van der Waals surface area contributed by atoms with Gasteiger partial charge in [-0.3, -0.25) is 4.79 Å². The molecule has 0 bridgehead atoms. The summed E-state index contributed by atoms with van der Waals surface area (Å²) in [5.41, 5.74) is 0.391. The van der Waals surface area contributed by atoms with Gasteiger partial charge in [-0.1, -0.05) is 0 Å². The van der Waals surface area contributed by atoms with E-state index in [0.29, 0.717) is 18.8 Å². The number of hydrogen-bond donors (Lipinski definition) is 1. The molecule has 0 aromatic carbocycles. The molecule has 0 atom stereocenters. The third-order valence-electron chi connectivity index (χ3n) is 2.91. The van der Waals surface area contributed by atoms with Crippen molar-refractivity contribution >= 4 is 11.9 Å². The van der Waals surface area contributed by atoms with E-state index >= 15 is 0 Å². The molecular weight excluding hydrogens is 234 g/mol. The second-order valence-corrected chi connectivity index (χ2v) is 4.37. The lowest BCUT2D eigenvalue weighted by Crippen LogP contribution is -2.37. The Bertz CT molecular complexity index is 456. The highest BCUT2D eigenvalue weighted by molar-refractivity contribution is 5.92. The molecule has 1 N–H and O–H groups in total. The molecule has 0 spiro atoms. The van der Waals surface area contributed by atoms with Gasteiger partial charge in [-0.15, -0.1) is 0 Å². The average molecular weight is 251 g/mol. The van der Waals surface area contributed by atoms with Crippen molar-refractivity contribution in [3.63, 3.8) is 0 Å². The summed E-state index contributed by atoms with van der Waals surface area (Å²) in [5.74, 6) is -0.212. The number of imidazole rings is 1. The fourth-order valence-electron chi connectivity index (χ4n) is 1.84. The summed E-state index contributed by atoms with van der Waals surface area (Å²) >= 11 is 0. The topological polar surface area (TPSA) is 70.5 Å². The minimum atomic E-state index is -0.212. The molecule has 1 aliphatic rings. The molecule has 7 heteroatoms. The van der Waals surface area contributed by atoms with Crippen molar-refractivity contribution in [2.75, 3.05) is 33.2 Å². The van der Waals surface area contributed by atoms with Crippen molar-refractivity contribution in [1.29, 1.82) is 0 Å². The second-order valence-electron chi connectivity index (χ2n) is 4.37. The Balaban J connectivity index is 1.76. The zero-order chi connectivity index (χ0) is 13.1. The van der Waals surface area contributed by atoms with Crippen LogP contribution in [0.1, 0.15) is 10.5 Å². The number of hydrogen-bond acceptors (Lipinski definition) is 3. The maximum atomic E-state index is 11.7. The number of aromatic nitrogens is 2. The lowest BCUT2D eigenvalue weighted by atomic mass is 10.4. The summed E-state index contributed by atoms with van der Waals surface area (Å²) in [6, 6.07) is 0.0158. The number of nitrogens with zero attached hydrogens (tertiary/aromatic N) is 4. The number of nitrogens with one attached hydrogen (secondary N) is 1. The van der Waals surface area contributed by atoms with Gasteiger partial charge in [-0.2, -0.15) is 0 Å². The third kappa shape index (κ3) is 2.61. The number of carbonyl (C=O) groups is 2. The molecule has 2 heterocycles. The Kier molecular flexibility index (Phi) is 3.50. The third-order valence-corrected chi connectivity index (χ3v) is 2.91. The van der Waals surface area contributed by atoms with Crippen LogP contribution in [-0.4, -0.2) is 64.5 Å². The first-order chi connectivity index (χ1) is 8.58. The van der Waals surface area contributed by atoms with E-state index in [2.05, 4.69) is 10.3 Å². The maximum absolute atomic E-state index is 11.7. The zero-order valence-corrected chi connectivity index (χ0v) is 10.6. The van der Waals surface area contributed by atoms with E-state index in [9.17, 15) is 9.59 Å². The number of likely N-dealkylation sites (N-methyl/N-ethyl adjacent to an activating group) is 1. The normalized spacial score (nSPS) is 15.3. The van der Waals surface area contributed by atoms with Gasteiger partial charge in [-0.25, -0.2) is 9.78 Å². The highest BCUT2D eigenvalue weighted by Gasteiger charge is 2.24. The Labute approximate surface area is 105 Å². The van der Waals surface area contributed by atoms with Gasteiger partial charge in [0.2, 0.25) is 0 Å². The molecule has 1 fully saturated rings. The van der Waals surface area contributed by atoms with Gasteiger partial charge in [0, 0.05) is 46.5 Å². The summed E-state index contributed by atoms with van der Waals surface area (Å²) in [6.07, 6.45) is 3.23. The summed E-state index contributed by atoms with van der Waals surface area (Å²) in [4.78, 5) is 30.6. The van der Waals surface area contributed by atoms with E-state index in [1.807, 2.05) is 7.05 Å². The average Bonchev–Trinajstić information content (AvgIpc) is 2.90. The second kappa shape index (κ2) is 5.07. The largest absolute Gasteiger partial charge is 0.349 e. The lowest BCUT2D eigenvalue weighted by Gasteiger charge is -2.15. The molecule has 18 heavy (non-hydrogen) atoms. The van der Waals surface area contributed by atoms with Crippen LogP contribution in [0.2, 0.25) is 0 Å². The summed E-state index contributed by atoms with van der Waals surface area (Å²) in [6.45, 7) is 2.43. The highest BCUT2D eigenvalue weighted by Crippen LogP contribution is 2.04. The lowest BCUT2D eigenvalue weighted by molar-refractivity contribution is 0.0945. The first-order valence-corrected chi connectivity index (χ1v) is 5.84. The molecule has 3 amide bonds. The van der Waals surface area contributed by atoms with Crippen LogP contribution in [0.4, 0.5) is 4.79 Å². The van der Waals surface area contributed by atoms with E-state index in [0.717, 1.165) is 13.1 Å². The van der Waals surface area contributed by atoms with E-state index in [4.69, 9.17) is 0 Å². The van der Waals surface area contributed by atoms with Crippen LogP contribution in [0.3, 0.4) is 0 Å². The smallest absolute Gasteiger partial charge is 0.319 e. The van der Waals surface area contributed by atoms with Gasteiger partial charge < -0.3 is 19.7 Å². The van der Waals surface area contributed by atoms with Gasteiger partial charge in [0.25, 0.3) is 5.91 Å². The van der Waals surface area contributed by atoms with Crippen LogP contribution in [0.5, 0.6) is 0 Å². The molecule has 0 unspecified atom stereocenters. The molecule has 0 saturated carbocycles. The van der Waals surface area contributed by atoms with E-state index in [-0.39, 0.29) is 11.9 Å². The Morgan fingerprint density at radius 3 is 2.78 bits per heavy atom. The van der Waals surface area contributed by atoms with E-state index in [1.54, 1.807) is 33.9 Å². The Morgan fingerprint density at radius 1 is 1.44 bits per heavy atom. The predicted molar refractivity (Wildman–Crippen MR) is 65.1 cm³/mol. The fourth-order valence-corrected chi connectivity index (χ4v) is 1.84. The molecule has 1 aromatic heterocycles. The number of urea groups is 1. The molecule has 2 rings (SSSR count). The molecule has 1 aliphatic heterocycles. The van der Waals surface area contributed by atoms with Gasteiger partial charge in [0.15, 0.2) is 0 Å². The van der Waals surface area contributed by atoms with E-state index < -0.39 is 0 Å². The molecule has 1 saturated heterocycles. The minimum Gasteiger partial charge on any atom is -0.349 e. The van der Waals surface area contributed by atoms with Crippen molar-refractivity contribution < 1.29 is 9.59 Å². The van der Waals surface area contributed by atoms with Gasteiger partial charge in [-0.05, 0) is 0 Å². The van der Waals surface area contributed by atoms with E-state index in [1.165, 1.54) is 0 Å². The van der Waals surface area contributed by atoms with Crippen molar-refractivity contribution in [3.05, 3.63) is 18.2 Å². The zero-order valence-electron chi connectivity index (χ0n) is 10.6. The number of aryl methyl sites for hydroxylation is 1. The Hall–Kier alpha value is -2.05. The molecule has 98 valence electrons. The molecule has 0 radical (unpaired) electrons. The van der Waals surface area contributed by atoms with Gasteiger partial charge in [0.05, 0.1) is 6.33 Å². The first-order valence-electron chi connectivity index (χ1n) is 5.84. The quantitative estimate of drug-likeness (QED) is 0.785. The minimum absolute atomic E-state index is 0.0158. The monoisotopic (exact) mass is 251 g/mol. The first kappa shape index (κ1) is 12.4. The van der Waals surface area contributed by atoms with Crippen LogP contribution in [0.25, 0.3) is 0 Å². The Morgan fingerprint density at radius 2 is 2.22 bits per heavy atom. The van der Waals surface area contributed by atoms with Crippen LogP contribution in [0.15, 0.2) is 12.5 Å². The summed E-state index contributed by atoms with van der Waals surface area (Å²) in [5, 5.41) is 2.75. The molecular formula is C11H17N5O2. The predicted octanol–water partition coefficient (Wildman–Crippen LogP) is -0.483.